The number of rotatable bonds is 6. The molecular weight excluding hydrogens is 373 g/mol. The second kappa shape index (κ2) is 8.21. The summed E-state index contributed by atoms with van der Waals surface area (Å²) in [5.41, 5.74) is 2.24. The quantitative estimate of drug-likeness (QED) is 0.645. The Morgan fingerprint density at radius 2 is 1.88 bits per heavy atom. The van der Waals surface area contributed by atoms with Crippen molar-refractivity contribution in [1.82, 2.24) is 19.6 Å². The van der Waals surface area contributed by atoms with Crippen molar-refractivity contribution in [1.29, 1.82) is 0 Å². The van der Waals surface area contributed by atoms with Crippen molar-refractivity contribution in [3.8, 4) is 0 Å². The third-order valence-corrected chi connectivity index (χ3v) is 4.40. The molecule has 0 saturated heterocycles. The van der Waals surface area contributed by atoms with E-state index in [0.717, 1.165) is 17.7 Å². The number of halogens is 2. The van der Waals surface area contributed by atoms with Gasteiger partial charge < -0.3 is 5.32 Å². The zero-order valence-corrected chi connectivity index (χ0v) is 15.6. The van der Waals surface area contributed by atoms with Crippen LogP contribution in [0, 0.1) is 0 Å². The third-order valence-electron chi connectivity index (χ3n) is 3.69. The smallest absolute Gasteiger partial charge is 0.248 e. The van der Waals surface area contributed by atoms with E-state index in [1.165, 1.54) is 6.08 Å². The highest BCUT2D eigenvalue weighted by molar-refractivity contribution is 6.35. The largest absolute Gasteiger partial charge is 0.320 e. The molecule has 3 aromatic rings. The van der Waals surface area contributed by atoms with E-state index >= 15 is 0 Å². The number of amides is 1. The maximum absolute atomic E-state index is 12.0. The Balaban J connectivity index is 1.62. The van der Waals surface area contributed by atoms with Gasteiger partial charge in [0, 0.05) is 46.2 Å². The van der Waals surface area contributed by atoms with Gasteiger partial charge in [-0.1, -0.05) is 29.3 Å². The summed E-state index contributed by atoms with van der Waals surface area (Å²) in [6.45, 7) is 3.20. The summed E-state index contributed by atoms with van der Waals surface area (Å²) in [6, 6.07) is 5.35. The summed E-state index contributed by atoms with van der Waals surface area (Å²) in [4.78, 5) is 12.0. The average Bonchev–Trinajstić information content (AvgIpc) is 3.25. The zero-order chi connectivity index (χ0) is 18.5. The van der Waals surface area contributed by atoms with E-state index in [1.54, 1.807) is 52.2 Å². The van der Waals surface area contributed by atoms with Gasteiger partial charge in [0.15, 0.2) is 0 Å². The van der Waals surface area contributed by atoms with Gasteiger partial charge in [0.25, 0.3) is 0 Å². The molecule has 0 unspecified atom stereocenters. The van der Waals surface area contributed by atoms with E-state index < -0.39 is 0 Å². The number of aromatic nitrogens is 4. The molecule has 0 aliphatic heterocycles. The molecule has 0 aliphatic rings. The summed E-state index contributed by atoms with van der Waals surface area (Å²) in [6.07, 6.45) is 10.0. The lowest BCUT2D eigenvalue weighted by atomic mass is 10.2. The Hall–Kier alpha value is -2.57. The molecule has 1 N–H and O–H groups in total. The lowest BCUT2D eigenvalue weighted by Gasteiger charge is -2.06. The number of benzene rings is 1. The number of carbonyl (C=O) groups is 1. The van der Waals surface area contributed by atoms with Gasteiger partial charge >= 0.3 is 0 Å². The first-order chi connectivity index (χ1) is 12.5. The van der Waals surface area contributed by atoms with Gasteiger partial charge in [-0.25, -0.2) is 0 Å². The Kier molecular flexibility index (Phi) is 5.75. The predicted molar refractivity (Wildman–Crippen MR) is 103 cm³/mol. The number of nitrogens with zero attached hydrogens (tertiary/aromatic N) is 4. The first kappa shape index (κ1) is 18.2. The first-order valence-corrected chi connectivity index (χ1v) is 8.77. The van der Waals surface area contributed by atoms with Crippen LogP contribution >= 0.6 is 23.2 Å². The van der Waals surface area contributed by atoms with Crippen molar-refractivity contribution in [2.24, 2.45) is 0 Å². The number of carbonyl (C=O) groups excluding carboxylic acids is 1. The topological polar surface area (TPSA) is 64.7 Å². The fourth-order valence-corrected chi connectivity index (χ4v) is 2.87. The Labute approximate surface area is 161 Å². The summed E-state index contributed by atoms with van der Waals surface area (Å²) in [5, 5.41) is 12.3. The van der Waals surface area contributed by atoms with Crippen LogP contribution < -0.4 is 5.32 Å². The van der Waals surface area contributed by atoms with Crippen molar-refractivity contribution in [3.05, 3.63) is 70.2 Å². The second-order valence-corrected chi connectivity index (χ2v) is 6.39. The monoisotopic (exact) mass is 389 g/mol. The molecule has 1 amide bonds. The number of hydrogen-bond acceptors (Lipinski definition) is 3. The van der Waals surface area contributed by atoms with Gasteiger partial charge in [0.1, 0.15) is 0 Å². The molecule has 2 heterocycles. The molecule has 134 valence electrons. The van der Waals surface area contributed by atoms with Crippen LogP contribution in [0.25, 0.3) is 6.08 Å². The van der Waals surface area contributed by atoms with Crippen molar-refractivity contribution >= 4 is 40.9 Å². The highest BCUT2D eigenvalue weighted by Crippen LogP contribution is 2.25. The second-order valence-electron chi connectivity index (χ2n) is 5.58. The minimum Gasteiger partial charge on any atom is -0.320 e. The summed E-state index contributed by atoms with van der Waals surface area (Å²) < 4.78 is 3.46. The van der Waals surface area contributed by atoms with Gasteiger partial charge in [-0.3, -0.25) is 14.2 Å². The molecular formula is C18H17Cl2N5O. The van der Waals surface area contributed by atoms with Crippen LogP contribution in [-0.2, 0) is 17.9 Å². The molecule has 8 heteroatoms. The van der Waals surface area contributed by atoms with E-state index in [2.05, 4.69) is 15.5 Å². The molecule has 0 fully saturated rings. The SMILES string of the molecule is CCn1cc(/C=C/C(=O)Nc2cnn(Cc3c(Cl)cccc3Cl)c2)cn1. The molecule has 2 aromatic heterocycles. The van der Waals surface area contributed by atoms with E-state index in [0.29, 0.717) is 22.3 Å². The number of aryl methyl sites for hydroxylation is 1. The molecule has 0 atom stereocenters. The minimum atomic E-state index is -0.246. The molecule has 0 radical (unpaired) electrons. The van der Waals surface area contributed by atoms with E-state index in [-0.39, 0.29) is 5.91 Å². The average molecular weight is 390 g/mol. The van der Waals surface area contributed by atoms with Gasteiger partial charge in [-0.15, -0.1) is 0 Å². The van der Waals surface area contributed by atoms with E-state index in [1.807, 2.05) is 13.1 Å². The first-order valence-electron chi connectivity index (χ1n) is 8.02. The van der Waals surface area contributed by atoms with E-state index in [4.69, 9.17) is 23.2 Å². The van der Waals surface area contributed by atoms with Crippen molar-refractivity contribution in [3.63, 3.8) is 0 Å². The van der Waals surface area contributed by atoms with Crippen LogP contribution in [0.3, 0.4) is 0 Å². The molecule has 0 aliphatic carbocycles. The molecule has 6 nitrogen and oxygen atoms in total. The van der Waals surface area contributed by atoms with Crippen LogP contribution in [0.2, 0.25) is 10.0 Å². The Morgan fingerprint density at radius 1 is 1.15 bits per heavy atom. The molecule has 26 heavy (non-hydrogen) atoms. The Morgan fingerprint density at radius 3 is 2.58 bits per heavy atom. The van der Waals surface area contributed by atoms with Gasteiger partial charge in [-0.05, 0) is 25.1 Å². The van der Waals surface area contributed by atoms with Crippen LogP contribution in [0.1, 0.15) is 18.1 Å². The van der Waals surface area contributed by atoms with Crippen molar-refractivity contribution in [2.75, 3.05) is 5.32 Å². The standard InChI is InChI=1S/C18H17Cl2N5O/c1-2-24-10-13(8-21-24)6-7-18(26)23-14-9-22-25(11-14)12-15-16(19)4-3-5-17(15)20/h3-11H,2,12H2,1H3,(H,23,26)/b7-6+. The van der Waals surface area contributed by atoms with Crippen molar-refractivity contribution in [2.45, 2.75) is 20.0 Å². The van der Waals surface area contributed by atoms with Crippen LogP contribution in [0.5, 0.6) is 0 Å². The predicted octanol–water partition coefficient (Wildman–Crippen LogP) is 4.11. The normalized spacial score (nSPS) is 11.2. The van der Waals surface area contributed by atoms with E-state index in [9.17, 15) is 4.79 Å². The maximum atomic E-state index is 12.0. The van der Waals surface area contributed by atoms with Gasteiger partial charge in [0.2, 0.25) is 5.91 Å². The van der Waals surface area contributed by atoms with Gasteiger partial charge in [-0.2, -0.15) is 10.2 Å². The summed E-state index contributed by atoms with van der Waals surface area (Å²) in [7, 11) is 0. The molecule has 0 saturated carbocycles. The van der Waals surface area contributed by atoms with Gasteiger partial charge in [0.05, 0.1) is 24.6 Å². The lowest BCUT2D eigenvalue weighted by molar-refractivity contribution is -0.111. The third kappa shape index (κ3) is 4.53. The fraction of sp³-hybridized carbons (Fsp3) is 0.167. The molecule has 1 aromatic carbocycles. The molecule has 3 rings (SSSR count). The van der Waals surface area contributed by atoms with Crippen molar-refractivity contribution < 1.29 is 4.79 Å². The van der Waals surface area contributed by atoms with Crippen LogP contribution in [0.4, 0.5) is 5.69 Å². The number of nitrogens with one attached hydrogen (secondary N) is 1. The lowest BCUT2D eigenvalue weighted by Crippen LogP contribution is -2.07. The summed E-state index contributed by atoms with van der Waals surface area (Å²) in [5.74, 6) is -0.246. The summed E-state index contributed by atoms with van der Waals surface area (Å²) >= 11 is 12.3. The molecule has 0 bridgehead atoms. The zero-order valence-electron chi connectivity index (χ0n) is 14.1. The Bertz CT molecular complexity index is 924. The van der Waals surface area contributed by atoms with Crippen LogP contribution in [-0.4, -0.2) is 25.5 Å². The minimum absolute atomic E-state index is 0.246. The molecule has 0 spiro atoms. The number of hydrogen-bond donors (Lipinski definition) is 1. The highest BCUT2D eigenvalue weighted by Gasteiger charge is 2.08. The number of anilines is 1. The fourth-order valence-electron chi connectivity index (χ4n) is 2.35. The highest BCUT2D eigenvalue weighted by atomic mass is 35.5. The van der Waals surface area contributed by atoms with Crippen LogP contribution in [0.15, 0.2) is 49.1 Å². The maximum Gasteiger partial charge on any atom is 0.248 e.